The number of benzene rings is 1. The molecule has 0 heterocycles. The van der Waals surface area contributed by atoms with E-state index in [9.17, 15) is 4.39 Å². The van der Waals surface area contributed by atoms with E-state index in [2.05, 4.69) is 19.2 Å². The molecular formula is C17H25ClFN. The van der Waals surface area contributed by atoms with Crippen LogP contribution in [0.25, 0.3) is 0 Å². The first-order chi connectivity index (χ1) is 9.61. The van der Waals surface area contributed by atoms with E-state index in [0.717, 1.165) is 17.9 Å². The molecule has 3 heteroatoms. The molecule has 0 saturated heterocycles. The summed E-state index contributed by atoms with van der Waals surface area (Å²) < 4.78 is 13.6. The average molecular weight is 298 g/mol. The molecule has 1 aromatic carbocycles. The molecule has 1 N–H and O–H groups in total. The van der Waals surface area contributed by atoms with Gasteiger partial charge in [-0.2, -0.15) is 0 Å². The van der Waals surface area contributed by atoms with Gasteiger partial charge in [-0.3, -0.25) is 0 Å². The largest absolute Gasteiger partial charge is 0.307 e. The van der Waals surface area contributed by atoms with E-state index in [-0.39, 0.29) is 16.9 Å². The summed E-state index contributed by atoms with van der Waals surface area (Å²) in [5, 5.41) is 3.88. The molecule has 0 amide bonds. The van der Waals surface area contributed by atoms with Crippen LogP contribution in [-0.2, 0) is 0 Å². The fraction of sp³-hybridized carbons (Fsp3) is 0.647. The molecule has 112 valence electrons. The third-order valence-electron chi connectivity index (χ3n) is 4.57. The molecule has 0 aliphatic heterocycles. The molecule has 0 aromatic heterocycles. The molecule has 1 fully saturated rings. The Labute approximate surface area is 126 Å². The maximum Gasteiger partial charge on any atom is 0.142 e. The lowest BCUT2D eigenvalue weighted by Gasteiger charge is -2.32. The lowest BCUT2D eigenvalue weighted by atomic mass is 9.82. The van der Waals surface area contributed by atoms with Crippen LogP contribution in [0.5, 0.6) is 0 Å². The number of hydrogen-bond donors (Lipinski definition) is 1. The lowest BCUT2D eigenvalue weighted by molar-refractivity contribution is 0.249. The highest BCUT2D eigenvalue weighted by Gasteiger charge is 2.23. The van der Waals surface area contributed by atoms with Crippen molar-refractivity contribution in [2.24, 2.45) is 5.92 Å². The average Bonchev–Trinajstić information content (AvgIpc) is 2.48. The molecule has 1 nitrogen and oxygen atoms in total. The summed E-state index contributed by atoms with van der Waals surface area (Å²) >= 11 is 5.74. The van der Waals surface area contributed by atoms with Gasteiger partial charge in [0.05, 0.1) is 5.02 Å². The predicted octanol–water partition coefficient (Wildman–Crippen LogP) is 5.49. The molecule has 0 radical (unpaired) electrons. The number of hydrogen-bond acceptors (Lipinski definition) is 1. The van der Waals surface area contributed by atoms with Crippen molar-refractivity contribution < 1.29 is 4.39 Å². The minimum Gasteiger partial charge on any atom is -0.307 e. The van der Waals surface area contributed by atoms with E-state index in [1.807, 2.05) is 6.07 Å². The Balaban J connectivity index is 2.00. The maximum atomic E-state index is 13.6. The Kier molecular flexibility index (Phi) is 5.86. The van der Waals surface area contributed by atoms with Gasteiger partial charge in [-0.15, -0.1) is 0 Å². The molecule has 2 unspecified atom stereocenters. The highest BCUT2D eigenvalue weighted by atomic mass is 35.5. The molecule has 0 bridgehead atoms. The fourth-order valence-corrected chi connectivity index (χ4v) is 3.44. The topological polar surface area (TPSA) is 12.0 Å². The van der Waals surface area contributed by atoms with Crippen LogP contribution in [0.1, 0.15) is 64.0 Å². The molecule has 2 rings (SSSR count). The van der Waals surface area contributed by atoms with Crippen molar-refractivity contribution >= 4 is 11.6 Å². The molecule has 0 spiro atoms. The number of nitrogens with one attached hydrogen (secondary N) is 1. The zero-order valence-corrected chi connectivity index (χ0v) is 13.2. The zero-order chi connectivity index (χ0) is 14.5. The second-order valence-electron chi connectivity index (χ2n) is 5.97. The summed E-state index contributed by atoms with van der Waals surface area (Å²) in [5.74, 6) is 0.442. The minimum absolute atomic E-state index is 0.161. The zero-order valence-electron chi connectivity index (χ0n) is 12.5. The van der Waals surface area contributed by atoms with Gasteiger partial charge in [-0.25, -0.2) is 4.39 Å². The summed E-state index contributed by atoms with van der Waals surface area (Å²) in [6, 6.07) is 5.80. The Hall–Kier alpha value is -0.600. The van der Waals surface area contributed by atoms with Crippen LogP contribution in [0.2, 0.25) is 5.02 Å². The van der Waals surface area contributed by atoms with Crippen LogP contribution in [0.4, 0.5) is 4.39 Å². The number of halogens is 2. The standard InChI is InChI=1S/C17H25ClFN/c1-3-17(13-7-5-4-6-8-13)20-12(2)14-9-10-15(18)16(19)11-14/h9-13,17,20H,3-8H2,1-2H3. The van der Waals surface area contributed by atoms with E-state index < -0.39 is 0 Å². The highest BCUT2D eigenvalue weighted by Crippen LogP contribution is 2.29. The van der Waals surface area contributed by atoms with Crippen molar-refractivity contribution in [1.29, 1.82) is 0 Å². The Bertz CT molecular complexity index is 429. The van der Waals surface area contributed by atoms with Crippen molar-refractivity contribution in [2.75, 3.05) is 0 Å². The summed E-state index contributed by atoms with van der Waals surface area (Å²) in [5.41, 5.74) is 0.973. The number of rotatable bonds is 5. The Morgan fingerprint density at radius 3 is 2.60 bits per heavy atom. The summed E-state index contributed by atoms with van der Waals surface area (Å²) in [6.45, 7) is 4.34. The van der Waals surface area contributed by atoms with E-state index in [1.165, 1.54) is 32.1 Å². The van der Waals surface area contributed by atoms with Crippen LogP contribution in [0, 0.1) is 11.7 Å². The second-order valence-corrected chi connectivity index (χ2v) is 6.38. The SMILES string of the molecule is CCC(NC(C)c1ccc(Cl)c(F)c1)C1CCCCC1. The van der Waals surface area contributed by atoms with Crippen LogP contribution in [0.3, 0.4) is 0 Å². The van der Waals surface area contributed by atoms with Gasteiger partial charge in [0.1, 0.15) is 5.82 Å². The van der Waals surface area contributed by atoms with E-state index in [0.29, 0.717) is 6.04 Å². The lowest BCUT2D eigenvalue weighted by Crippen LogP contribution is -2.38. The molecule has 2 atom stereocenters. The second kappa shape index (κ2) is 7.42. The van der Waals surface area contributed by atoms with Gasteiger partial charge in [0, 0.05) is 12.1 Å². The molecular weight excluding hydrogens is 273 g/mol. The van der Waals surface area contributed by atoms with Crippen molar-refractivity contribution in [1.82, 2.24) is 5.32 Å². The van der Waals surface area contributed by atoms with Gasteiger partial charge in [0.15, 0.2) is 0 Å². The molecule has 1 saturated carbocycles. The van der Waals surface area contributed by atoms with Gasteiger partial charge in [0.2, 0.25) is 0 Å². The van der Waals surface area contributed by atoms with E-state index in [4.69, 9.17) is 11.6 Å². The van der Waals surface area contributed by atoms with Gasteiger partial charge >= 0.3 is 0 Å². The fourth-order valence-electron chi connectivity index (χ4n) is 3.32. The summed E-state index contributed by atoms with van der Waals surface area (Å²) in [4.78, 5) is 0. The third-order valence-corrected chi connectivity index (χ3v) is 4.87. The van der Waals surface area contributed by atoms with Crippen LogP contribution < -0.4 is 5.32 Å². The molecule has 1 aliphatic rings. The molecule has 20 heavy (non-hydrogen) atoms. The smallest absolute Gasteiger partial charge is 0.142 e. The van der Waals surface area contributed by atoms with Gasteiger partial charge in [0.25, 0.3) is 0 Å². The normalized spacial score (nSPS) is 19.8. The van der Waals surface area contributed by atoms with E-state index >= 15 is 0 Å². The van der Waals surface area contributed by atoms with Gasteiger partial charge in [-0.1, -0.05) is 43.9 Å². The van der Waals surface area contributed by atoms with Crippen LogP contribution in [-0.4, -0.2) is 6.04 Å². The van der Waals surface area contributed by atoms with Crippen molar-refractivity contribution in [3.05, 3.63) is 34.6 Å². The van der Waals surface area contributed by atoms with Crippen molar-refractivity contribution in [2.45, 2.75) is 64.5 Å². The maximum absolute atomic E-state index is 13.6. The monoisotopic (exact) mass is 297 g/mol. The highest BCUT2D eigenvalue weighted by molar-refractivity contribution is 6.30. The molecule has 1 aromatic rings. The minimum atomic E-state index is -0.330. The van der Waals surface area contributed by atoms with Crippen LogP contribution in [0.15, 0.2) is 18.2 Å². The summed E-state index contributed by atoms with van der Waals surface area (Å²) in [7, 11) is 0. The van der Waals surface area contributed by atoms with Gasteiger partial charge < -0.3 is 5.32 Å². The Morgan fingerprint density at radius 1 is 1.30 bits per heavy atom. The summed E-state index contributed by atoms with van der Waals surface area (Å²) in [6.07, 6.45) is 7.87. The van der Waals surface area contributed by atoms with Gasteiger partial charge in [-0.05, 0) is 49.8 Å². The van der Waals surface area contributed by atoms with Crippen molar-refractivity contribution in [3.63, 3.8) is 0 Å². The first kappa shape index (κ1) is 15.8. The van der Waals surface area contributed by atoms with E-state index in [1.54, 1.807) is 12.1 Å². The first-order valence-corrected chi connectivity index (χ1v) is 8.20. The molecule has 1 aliphatic carbocycles. The van der Waals surface area contributed by atoms with Crippen LogP contribution >= 0.6 is 11.6 Å². The van der Waals surface area contributed by atoms with Crippen molar-refractivity contribution in [3.8, 4) is 0 Å². The predicted molar refractivity (Wildman–Crippen MR) is 83.6 cm³/mol. The first-order valence-electron chi connectivity index (χ1n) is 7.82. The third kappa shape index (κ3) is 3.95. The quantitative estimate of drug-likeness (QED) is 0.758. The Morgan fingerprint density at radius 2 is 2.00 bits per heavy atom.